The van der Waals surface area contributed by atoms with Crippen molar-refractivity contribution in [2.45, 2.75) is 76.9 Å². The van der Waals surface area contributed by atoms with Crippen LogP contribution in [0.2, 0.25) is 0 Å². The molecule has 4 heterocycles. The van der Waals surface area contributed by atoms with Crippen molar-refractivity contribution >= 4 is 80.8 Å². The minimum absolute atomic E-state index is 0. The van der Waals surface area contributed by atoms with E-state index in [1.54, 1.807) is 62.3 Å². The molecule has 77 heavy (non-hydrogen) atoms. The molecule has 404 valence electrons. The molecule has 0 spiro atoms. The lowest BCUT2D eigenvalue weighted by Crippen LogP contribution is -2.35. The molecule has 2 fully saturated rings. The Hall–Kier alpha value is -8.66. The minimum Gasteiger partial charge on any atom is -0.443 e. The summed E-state index contributed by atoms with van der Waals surface area (Å²) in [6.45, 7) is 3.27. The van der Waals surface area contributed by atoms with Gasteiger partial charge in [-0.15, -0.1) is 0 Å². The maximum absolute atomic E-state index is 13.4. The van der Waals surface area contributed by atoms with Crippen LogP contribution in [0.1, 0.15) is 47.2 Å². The van der Waals surface area contributed by atoms with Gasteiger partial charge in [0, 0.05) is 110 Å². The van der Waals surface area contributed by atoms with Crippen LogP contribution in [0.15, 0.2) is 109 Å². The number of anilines is 2. The number of carbonyl (C=O) groups is 8. The Morgan fingerprint density at radius 3 is 1.29 bits per heavy atom. The number of aromatic amines is 2. The Kier molecular flexibility index (Phi) is 18.1. The maximum Gasteiger partial charge on any atom is 0.332 e. The topological polar surface area (TPSA) is 279 Å². The Morgan fingerprint density at radius 2 is 0.935 bits per heavy atom. The second-order valence-corrected chi connectivity index (χ2v) is 19.5. The summed E-state index contributed by atoms with van der Waals surface area (Å²) in [4.78, 5) is 114. The number of ether oxygens (including phenoxy) is 2. The third-order valence-corrected chi connectivity index (χ3v) is 13.4. The molecule has 8 rings (SSSR count). The molecular formula is C56H64N10O11. The van der Waals surface area contributed by atoms with Crippen molar-refractivity contribution < 1.29 is 53.3 Å². The predicted molar refractivity (Wildman–Crippen MR) is 288 cm³/mol. The monoisotopic (exact) mass is 1050 g/mol. The largest absolute Gasteiger partial charge is 0.443 e. The van der Waals surface area contributed by atoms with Gasteiger partial charge in [-0.05, 0) is 123 Å². The Balaban J connectivity index is 0.00000861. The SMILES string of the molecule is CC(=O)Nc1ccc(CCN2C(=O)NC(Cc3ccc4[nH]cc(CC(OC(=O)/C=C\C(=O)OC(Cc5c[nH]c6ccc(CC7NC(=O)N(CCc8ccc(NC(C)=O)cc8)C7=O)cc56)N(C)C)N(C)C)c4c3)C2=O)cc1.O. The lowest BCUT2D eigenvalue weighted by molar-refractivity contribution is -0.153. The highest BCUT2D eigenvalue weighted by molar-refractivity contribution is 6.05. The van der Waals surface area contributed by atoms with E-state index in [2.05, 4.69) is 31.2 Å². The molecule has 8 amide bonds. The van der Waals surface area contributed by atoms with Crippen LogP contribution in [0, 0.1) is 0 Å². The summed E-state index contributed by atoms with van der Waals surface area (Å²) in [5.74, 6) is -2.48. The van der Waals surface area contributed by atoms with Gasteiger partial charge in [0.1, 0.15) is 12.1 Å². The predicted octanol–water partition coefficient (Wildman–Crippen LogP) is 4.36. The van der Waals surface area contributed by atoms with Crippen molar-refractivity contribution in [3.05, 3.63) is 143 Å². The van der Waals surface area contributed by atoms with E-state index in [1.807, 2.05) is 73.1 Å². The number of hydrogen-bond acceptors (Lipinski definition) is 12. The Labute approximate surface area is 444 Å². The molecule has 0 aliphatic carbocycles. The minimum atomic E-state index is -0.752. The zero-order valence-corrected chi connectivity index (χ0v) is 43.7. The normalized spacial score (nSPS) is 16.3. The smallest absolute Gasteiger partial charge is 0.332 e. The van der Waals surface area contributed by atoms with Crippen molar-refractivity contribution in [1.29, 1.82) is 0 Å². The van der Waals surface area contributed by atoms with Crippen LogP contribution < -0.4 is 21.3 Å². The van der Waals surface area contributed by atoms with Gasteiger partial charge in [0.15, 0.2) is 12.5 Å². The van der Waals surface area contributed by atoms with Gasteiger partial charge < -0.3 is 46.2 Å². The average molecular weight is 1050 g/mol. The number of fused-ring (bicyclic) bond motifs is 2. The van der Waals surface area contributed by atoms with E-state index in [1.165, 1.54) is 23.6 Å². The first kappa shape index (κ1) is 56.1. The van der Waals surface area contributed by atoms with Crippen molar-refractivity contribution in [2.75, 3.05) is 51.9 Å². The number of nitrogens with zero attached hydrogens (tertiary/aromatic N) is 4. The number of carbonyl (C=O) groups excluding carboxylic acids is 8. The molecule has 6 aromatic rings. The number of imide groups is 2. The molecule has 4 aromatic carbocycles. The summed E-state index contributed by atoms with van der Waals surface area (Å²) in [5.41, 5.74) is 8.16. The van der Waals surface area contributed by atoms with E-state index in [0.717, 1.165) is 67.3 Å². The number of amides is 8. The van der Waals surface area contributed by atoms with Crippen LogP contribution in [-0.4, -0.2) is 148 Å². The Morgan fingerprint density at radius 1 is 0.571 bits per heavy atom. The van der Waals surface area contributed by atoms with Gasteiger partial charge in [-0.3, -0.25) is 38.8 Å². The molecule has 0 bridgehead atoms. The fraction of sp³-hybridized carbons (Fsp3) is 0.321. The standard InChI is InChI=1S/C56H62N10O10.H2O/c1-33(67)59-41-13-7-35(8-14-41)21-23-65-53(71)47(61-55(65)73)27-37-11-17-45-43(25-37)39(31-57-45)29-49(63(3)4)75-51(69)19-20-52(70)76-50(64(5)6)30-40-32-58-46-18-12-38(26-44(40)46)28-48-54(72)66(56(74)62-48)24-22-36-9-15-42(16-10-36)60-34(2)68;/h7-20,25-26,31-32,47-50,57-58H,21-24,27-30H2,1-6H3,(H,59,67)(H,60,68)(H,61,73)(H,62,74);1H2/b20-19-;. The summed E-state index contributed by atoms with van der Waals surface area (Å²) >= 11 is 0. The molecular weight excluding hydrogens is 989 g/mol. The zero-order chi connectivity index (χ0) is 54.2. The van der Waals surface area contributed by atoms with Crippen molar-refractivity contribution in [1.82, 2.24) is 40.2 Å². The van der Waals surface area contributed by atoms with Crippen molar-refractivity contribution in [2.24, 2.45) is 0 Å². The number of esters is 2. The van der Waals surface area contributed by atoms with E-state index < -0.39 is 48.5 Å². The fourth-order valence-electron chi connectivity index (χ4n) is 9.28. The fourth-order valence-corrected chi connectivity index (χ4v) is 9.28. The average Bonchev–Trinajstić information content (AvgIpc) is 4.12. The Bertz CT molecular complexity index is 2990. The molecule has 8 N–H and O–H groups in total. The lowest BCUT2D eigenvalue weighted by Gasteiger charge is -2.24. The molecule has 2 aliphatic heterocycles. The molecule has 4 unspecified atom stereocenters. The molecule has 21 nitrogen and oxygen atoms in total. The first-order chi connectivity index (χ1) is 36.4. The second-order valence-electron chi connectivity index (χ2n) is 19.5. The summed E-state index contributed by atoms with van der Waals surface area (Å²) in [7, 11) is 7.09. The van der Waals surface area contributed by atoms with E-state index >= 15 is 0 Å². The lowest BCUT2D eigenvalue weighted by atomic mass is 10.0. The maximum atomic E-state index is 13.4. The number of urea groups is 2. The summed E-state index contributed by atoms with van der Waals surface area (Å²) in [5, 5.41) is 12.8. The zero-order valence-electron chi connectivity index (χ0n) is 43.7. The van der Waals surface area contributed by atoms with E-state index in [-0.39, 0.29) is 67.9 Å². The molecule has 0 saturated carbocycles. The van der Waals surface area contributed by atoms with Crippen LogP contribution in [0.4, 0.5) is 21.0 Å². The van der Waals surface area contributed by atoms with Gasteiger partial charge in [-0.25, -0.2) is 19.2 Å². The van der Waals surface area contributed by atoms with E-state index in [4.69, 9.17) is 9.47 Å². The number of nitrogens with one attached hydrogen (secondary N) is 6. The third-order valence-electron chi connectivity index (χ3n) is 13.4. The van der Waals surface area contributed by atoms with Gasteiger partial charge in [-0.1, -0.05) is 36.4 Å². The number of benzene rings is 4. The number of likely N-dealkylation sites (N-methyl/N-ethyl adjacent to an activating group) is 2. The molecule has 2 aliphatic rings. The van der Waals surface area contributed by atoms with Crippen molar-refractivity contribution in [3.63, 3.8) is 0 Å². The van der Waals surface area contributed by atoms with Crippen LogP contribution in [0.5, 0.6) is 0 Å². The van der Waals surface area contributed by atoms with Crippen LogP contribution in [-0.2, 0) is 76.8 Å². The highest BCUT2D eigenvalue weighted by atomic mass is 16.6. The van der Waals surface area contributed by atoms with Gasteiger partial charge >= 0.3 is 24.0 Å². The molecule has 2 aromatic heterocycles. The second kappa shape index (κ2) is 24.8. The first-order valence-corrected chi connectivity index (χ1v) is 24.9. The first-order valence-electron chi connectivity index (χ1n) is 24.9. The number of hydrogen-bond donors (Lipinski definition) is 6. The number of rotatable bonds is 22. The summed E-state index contributed by atoms with van der Waals surface area (Å²) in [6.07, 6.45) is 6.32. The van der Waals surface area contributed by atoms with Gasteiger partial charge in [0.25, 0.3) is 11.8 Å². The summed E-state index contributed by atoms with van der Waals surface area (Å²) in [6, 6.07) is 23.6. The highest BCUT2D eigenvalue weighted by Gasteiger charge is 2.39. The molecule has 21 heteroatoms. The molecule has 4 atom stereocenters. The molecule has 0 radical (unpaired) electrons. The number of aromatic nitrogens is 2. The van der Waals surface area contributed by atoms with Gasteiger partial charge in [0.2, 0.25) is 11.8 Å². The molecule has 2 saturated heterocycles. The summed E-state index contributed by atoms with van der Waals surface area (Å²) < 4.78 is 11.7. The van der Waals surface area contributed by atoms with Crippen LogP contribution in [0.3, 0.4) is 0 Å². The van der Waals surface area contributed by atoms with Gasteiger partial charge in [-0.2, -0.15) is 0 Å². The van der Waals surface area contributed by atoms with Crippen molar-refractivity contribution in [3.8, 4) is 0 Å². The quantitative estimate of drug-likeness (QED) is 0.0240. The van der Waals surface area contributed by atoms with Gasteiger partial charge in [0.05, 0.1) is 0 Å². The highest BCUT2D eigenvalue weighted by Crippen LogP contribution is 2.27. The van der Waals surface area contributed by atoms with E-state index in [9.17, 15) is 38.4 Å². The number of H-pyrrole nitrogens is 2. The third kappa shape index (κ3) is 14.2. The van der Waals surface area contributed by atoms with Crippen LogP contribution >= 0.6 is 0 Å². The van der Waals surface area contributed by atoms with E-state index in [0.29, 0.717) is 24.2 Å². The van der Waals surface area contributed by atoms with Crippen LogP contribution in [0.25, 0.3) is 21.8 Å².